The van der Waals surface area contributed by atoms with E-state index in [2.05, 4.69) is 45.5 Å². The summed E-state index contributed by atoms with van der Waals surface area (Å²) < 4.78 is 0.952. The zero-order chi connectivity index (χ0) is 14.1. The van der Waals surface area contributed by atoms with E-state index in [1.54, 1.807) is 0 Å². The van der Waals surface area contributed by atoms with E-state index < -0.39 is 0 Å². The Bertz CT molecular complexity index is 640. The number of fused-ring (bicyclic) bond motifs is 1. The molecular formula is C16H18BrN3. The van der Waals surface area contributed by atoms with Crippen LogP contribution >= 0.6 is 15.9 Å². The van der Waals surface area contributed by atoms with Crippen molar-refractivity contribution in [1.82, 2.24) is 9.97 Å². The van der Waals surface area contributed by atoms with Gasteiger partial charge in [0.05, 0.1) is 10.2 Å². The van der Waals surface area contributed by atoms with Crippen LogP contribution in [0.4, 0.5) is 5.82 Å². The van der Waals surface area contributed by atoms with Crippen LogP contribution < -0.4 is 5.32 Å². The largest absolute Gasteiger partial charge is 0.372 e. The maximum Gasteiger partial charge on any atom is 0.144 e. The molecule has 0 saturated carbocycles. The van der Waals surface area contributed by atoms with Gasteiger partial charge in [-0.2, -0.15) is 0 Å². The molecule has 0 amide bonds. The van der Waals surface area contributed by atoms with Crippen LogP contribution in [-0.4, -0.2) is 17.0 Å². The topological polar surface area (TPSA) is 37.8 Å². The van der Waals surface area contributed by atoms with Gasteiger partial charge in [-0.25, -0.2) is 9.97 Å². The zero-order valence-corrected chi connectivity index (χ0v) is 13.4. The number of benzene rings is 1. The third kappa shape index (κ3) is 2.33. The van der Waals surface area contributed by atoms with Gasteiger partial charge in [0.1, 0.15) is 11.6 Å². The van der Waals surface area contributed by atoms with Crippen molar-refractivity contribution in [3.05, 3.63) is 51.4 Å². The molecule has 1 heterocycles. The predicted octanol–water partition coefficient (Wildman–Crippen LogP) is 4.06. The molecule has 20 heavy (non-hydrogen) atoms. The number of rotatable bonds is 2. The summed E-state index contributed by atoms with van der Waals surface area (Å²) in [6, 6.07) is 8.68. The smallest absolute Gasteiger partial charge is 0.144 e. The lowest BCUT2D eigenvalue weighted by Gasteiger charge is -2.25. The lowest BCUT2D eigenvalue weighted by atomic mass is 9.82. The normalized spacial score (nSPS) is 17.6. The first-order chi connectivity index (χ1) is 9.70. The monoisotopic (exact) mass is 331 g/mol. The summed E-state index contributed by atoms with van der Waals surface area (Å²) in [5.74, 6) is 2.12. The molecule has 1 aliphatic rings. The van der Waals surface area contributed by atoms with Crippen molar-refractivity contribution in [3.63, 3.8) is 0 Å². The molecular weight excluding hydrogens is 314 g/mol. The fourth-order valence-electron chi connectivity index (χ4n) is 2.92. The average Bonchev–Trinajstić information content (AvgIpc) is 2.49. The summed E-state index contributed by atoms with van der Waals surface area (Å²) >= 11 is 3.54. The van der Waals surface area contributed by atoms with Crippen molar-refractivity contribution in [3.8, 4) is 0 Å². The quantitative estimate of drug-likeness (QED) is 0.901. The Morgan fingerprint density at radius 3 is 2.85 bits per heavy atom. The van der Waals surface area contributed by atoms with E-state index in [4.69, 9.17) is 9.97 Å². The summed E-state index contributed by atoms with van der Waals surface area (Å²) in [5, 5.41) is 3.14. The van der Waals surface area contributed by atoms with Crippen molar-refractivity contribution in [2.45, 2.75) is 32.1 Å². The summed E-state index contributed by atoms with van der Waals surface area (Å²) in [5.41, 5.74) is 3.82. The molecule has 0 aliphatic heterocycles. The molecule has 104 valence electrons. The van der Waals surface area contributed by atoms with Crippen molar-refractivity contribution in [1.29, 1.82) is 0 Å². The Morgan fingerprint density at radius 1 is 1.25 bits per heavy atom. The number of halogens is 1. The fourth-order valence-corrected chi connectivity index (χ4v) is 3.30. The van der Waals surface area contributed by atoms with Crippen LogP contribution in [0.5, 0.6) is 0 Å². The van der Waals surface area contributed by atoms with Gasteiger partial charge < -0.3 is 5.32 Å². The summed E-state index contributed by atoms with van der Waals surface area (Å²) in [7, 11) is 1.89. The molecule has 0 fully saturated rings. The molecule has 4 heteroatoms. The van der Waals surface area contributed by atoms with E-state index in [9.17, 15) is 0 Å². The molecule has 0 spiro atoms. The van der Waals surface area contributed by atoms with Gasteiger partial charge in [-0.15, -0.1) is 0 Å². The molecule has 0 radical (unpaired) electrons. The van der Waals surface area contributed by atoms with Gasteiger partial charge in [0, 0.05) is 13.0 Å². The van der Waals surface area contributed by atoms with Gasteiger partial charge in [0.2, 0.25) is 0 Å². The Morgan fingerprint density at radius 2 is 2.05 bits per heavy atom. The van der Waals surface area contributed by atoms with Gasteiger partial charge in [-0.1, -0.05) is 24.3 Å². The van der Waals surface area contributed by atoms with Gasteiger partial charge in [0.25, 0.3) is 0 Å². The zero-order valence-electron chi connectivity index (χ0n) is 11.8. The Labute approximate surface area is 128 Å². The highest BCUT2D eigenvalue weighted by Crippen LogP contribution is 2.36. The lowest BCUT2D eigenvalue weighted by Crippen LogP contribution is -2.15. The third-order valence-corrected chi connectivity index (χ3v) is 4.90. The summed E-state index contributed by atoms with van der Waals surface area (Å²) in [4.78, 5) is 9.41. The van der Waals surface area contributed by atoms with Crippen LogP contribution in [0.3, 0.4) is 0 Å². The lowest BCUT2D eigenvalue weighted by molar-refractivity contribution is 0.589. The summed E-state index contributed by atoms with van der Waals surface area (Å²) in [6.07, 6.45) is 3.50. The molecule has 1 unspecified atom stereocenters. The molecule has 0 saturated heterocycles. The van der Waals surface area contributed by atoms with Crippen LogP contribution in [0.1, 0.15) is 41.4 Å². The highest BCUT2D eigenvalue weighted by atomic mass is 79.9. The van der Waals surface area contributed by atoms with Gasteiger partial charge in [-0.05, 0) is 53.2 Å². The second kappa shape index (κ2) is 5.52. The SMILES string of the molecule is CNc1nc(C2CCCc3ccccc32)nc(C)c1Br. The van der Waals surface area contributed by atoms with Crippen LogP contribution in [-0.2, 0) is 6.42 Å². The minimum absolute atomic E-state index is 0.318. The molecule has 1 N–H and O–H groups in total. The van der Waals surface area contributed by atoms with Gasteiger partial charge in [0.15, 0.2) is 0 Å². The highest BCUT2D eigenvalue weighted by Gasteiger charge is 2.24. The predicted molar refractivity (Wildman–Crippen MR) is 85.2 cm³/mol. The molecule has 3 rings (SSSR count). The van der Waals surface area contributed by atoms with E-state index in [-0.39, 0.29) is 0 Å². The van der Waals surface area contributed by atoms with Gasteiger partial charge >= 0.3 is 0 Å². The second-order valence-electron chi connectivity index (χ2n) is 5.22. The second-order valence-corrected chi connectivity index (χ2v) is 6.02. The van der Waals surface area contributed by atoms with E-state index in [1.165, 1.54) is 24.0 Å². The van der Waals surface area contributed by atoms with Crippen molar-refractivity contribution < 1.29 is 0 Å². The fraction of sp³-hybridized carbons (Fsp3) is 0.375. The van der Waals surface area contributed by atoms with Crippen molar-refractivity contribution >= 4 is 21.7 Å². The molecule has 1 aromatic carbocycles. The van der Waals surface area contributed by atoms with Gasteiger partial charge in [-0.3, -0.25) is 0 Å². The van der Waals surface area contributed by atoms with Crippen molar-refractivity contribution in [2.75, 3.05) is 12.4 Å². The first-order valence-electron chi connectivity index (χ1n) is 7.00. The third-order valence-electron chi connectivity index (χ3n) is 3.95. The Balaban J connectivity index is 2.09. The number of aromatic nitrogens is 2. The number of hydrogen-bond donors (Lipinski definition) is 1. The van der Waals surface area contributed by atoms with E-state index >= 15 is 0 Å². The first-order valence-corrected chi connectivity index (χ1v) is 7.79. The standard InChI is InChI=1S/C16H18BrN3/c1-10-14(17)16(18-2)20-15(19-10)13-9-5-7-11-6-3-4-8-12(11)13/h3-4,6,8,13H,5,7,9H2,1-2H3,(H,18,19,20). The van der Waals surface area contributed by atoms with Crippen LogP contribution in [0, 0.1) is 6.92 Å². The Hall–Kier alpha value is -1.42. The maximum atomic E-state index is 4.71. The number of nitrogens with one attached hydrogen (secondary N) is 1. The Kier molecular flexibility index (Phi) is 3.74. The number of nitrogens with zero attached hydrogens (tertiary/aromatic N) is 2. The average molecular weight is 332 g/mol. The molecule has 0 bridgehead atoms. The van der Waals surface area contributed by atoms with E-state index in [0.29, 0.717) is 5.92 Å². The molecule has 1 aliphatic carbocycles. The summed E-state index contributed by atoms with van der Waals surface area (Å²) in [6.45, 7) is 2.02. The van der Waals surface area contributed by atoms with Crippen LogP contribution in [0.15, 0.2) is 28.7 Å². The first kappa shape index (κ1) is 13.6. The minimum atomic E-state index is 0.318. The maximum absolute atomic E-state index is 4.71. The van der Waals surface area contributed by atoms with E-state index in [1.807, 2.05) is 14.0 Å². The number of hydrogen-bond acceptors (Lipinski definition) is 3. The molecule has 3 nitrogen and oxygen atoms in total. The van der Waals surface area contributed by atoms with E-state index in [0.717, 1.165) is 28.2 Å². The number of aryl methyl sites for hydroxylation is 2. The number of anilines is 1. The van der Waals surface area contributed by atoms with Crippen LogP contribution in [0.25, 0.3) is 0 Å². The highest BCUT2D eigenvalue weighted by molar-refractivity contribution is 9.10. The van der Waals surface area contributed by atoms with Crippen LogP contribution in [0.2, 0.25) is 0 Å². The minimum Gasteiger partial charge on any atom is -0.372 e. The molecule has 1 aromatic heterocycles. The van der Waals surface area contributed by atoms with Crippen molar-refractivity contribution in [2.24, 2.45) is 0 Å². The molecule has 2 aromatic rings. The molecule has 1 atom stereocenters.